The lowest BCUT2D eigenvalue weighted by molar-refractivity contribution is -0.140. The van der Waals surface area contributed by atoms with E-state index in [-0.39, 0.29) is 43.4 Å². The molecule has 1 atom stereocenters. The minimum absolute atomic E-state index is 0.175. The normalized spacial score (nSPS) is 15.8. The molecule has 1 fully saturated rings. The van der Waals surface area contributed by atoms with Crippen molar-refractivity contribution in [2.45, 2.75) is 6.10 Å². The molecule has 1 aliphatic heterocycles. The standard InChI is InChI=1S/C22H24FN3O5/c23-17-6-8-18(9-7-17)31-15-19-14-26(10-11-30-19)21(28)13-24-20(27)12-25-22(29)16-4-2-1-3-5-16/h1-9,19H,10-15H2,(H,24,27)(H,25,29). The molecular formula is C22H24FN3O5. The number of benzene rings is 2. The SMILES string of the molecule is O=C(CNC(=O)c1ccccc1)NCC(=O)N1CCOC(COc2ccc(F)cc2)C1. The van der Waals surface area contributed by atoms with Gasteiger partial charge in [0.25, 0.3) is 5.91 Å². The molecular weight excluding hydrogens is 405 g/mol. The summed E-state index contributed by atoms with van der Waals surface area (Å²) in [6.07, 6.45) is -0.330. The van der Waals surface area contributed by atoms with Crippen molar-refractivity contribution in [2.24, 2.45) is 0 Å². The van der Waals surface area contributed by atoms with Crippen LogP contribution in [0.1, 0.15) is 10.4 Å². The molecule has 0 bridgehead atoms. The number of halogens is 1. The molecule has 1 saturated heterocycles. The van der Waals surface area contributed by atoms with Gasteiger partial charge in [-0.05, 0) is 36.4 Å². The number of carbonyl (C=O) groups excluding carboxylic acids is 3. The Bertz CT molecular complexity index is 892. The van der Waals surface area contributed by atoms with E-state index in [1.165, 1.54) is 24.3 Å². The molecule has 2 aromatic rings. The third kappa shape index (κ3) is 7.07. The molecule has 1 heterocycles. The predicted molar refractivity (Wildman–Crippen MR) is 110 cm³/mol. The fraction of sp³-hybridized carbons (Fsp3) is 0.318. The van der Waals surface area contributed by atoms with Gasteiger partial charge in [-0.3, -0.25) is 14.4 Å². The first-order chi connectivity index (χ1) is 15.0. The van der Waals surface area contributed by atoms with Crippen LogP contribution in [0.5, 0.6) is 5.75 Å². The fourth-order valence-electron chi connectivity index (χ4n) is 2.97. The van der Waals surface area contributed by atoms with Gasteiger partial charge in [0.1, 0.15) is 24.3 Å². The maximum Gasteiger partial charge on any atom is 0.251 e. The van der Waals surface area contributed by atoms with E-state index in [1.807, 2.05) is 0 Å². The van der Waals surface area contributed by atoms with Gasteiger partial charge in [0.15, 0.2) is 0 Å². The summed E-state index contributed by atoms with van der Waals surface area (Å²) in [7, 11) is 0. The molecule has 0 aliphatic carbocycles. The second-order valence-corrected chi connectivity index (χ2v) is 6.92. The monoisotopic (exact) mass is 429 g/mol. The molecule has 0 aromatic heterocycles. The minimum atomic E-state index is -0.456. The summed E-state index contributed by atoms with van der Waals surface area (Å²) in [5, 5.41) is 5.02. The Balaban J connectivity index is 1.36. The summed E-state index contributed by atoms with van der Waals surface area (Å²) in [5.74, 6) is -0.905. The molecule has 9 heteroatoms. The molecule has 8 nitrogen and oxygen atoms in total. The Labute approximate surface area is 179 Å². The fourth-order valence-corrected chi connectivity index (χ4v) is 2.97. The summed E-state index contributed by atoms with van der Waals surface area (Å²) < 4.78 is 24.1. The van der Waals surface area contributed by atoms with Crippen molar-refractivity contribution in [3.05, 3.63) is 66.0 Å². The van der Waals surface area contributed by atoms with E-state index < -0.39 is 5.91 Å². The van der Waals surface area contributed by atoms with Crippen molar-refractivity contribution in [1.29, 1.82) is 0 Å². The van der Waals surface area contributed by atoms with Crippen LogP contribution >= 0.6 is 0 Å². The van der Waals surface area contributed by atoms with Crippen molar-refractivity contribution < 1.29 is 28.2 Å². The minimum Gasteiger partial charge on any atom is -0.491 e. The lowest BCUT2D eigenvalue weighted by Crippen LogP contribution is -2.51. The molecule has 0 spiro atoms. The Hall–Kier alpha value is -3.46. The third-order valence-corrected chi connectivity index (χ3v) is 4.62. The van der Waals surface area contributed by atoms with Gasteiger partial charge in [-0.15, -0.1) is 0 Å². The van der Waals surface area contributed by atoms with Crippen molar-refractivity contribution in [1.82, 2.24) is 15.5 Å². The average Bonchev–Trinajstić information content (AvgIpc) is 2.81. The number of nitrogens with zero attached hydrogens (tertiary/aromatic N) is 1. The first-order valence-corrected chi connectivity index (χ1v) is 9.89. The van der Waals surface area contributed by atoms with E-state index >= 15 is 0 Å². The van der Waals surface area contributed by atoms with Crippen LogP contribution in [0, 0.1) is 5.82 Å². The molecule has 1 aliphatic rings. The zero-order chi connectivity index (χ0) is 22.1. The van der Waals surface area contributed by atoms with Crippen LogP contribution in [0.3, 0.4) is 0 Å². The van der Waals surface area contributed by atoms with E-state index in [1.54, 1.807) is 35.2 Å². The summed E-state index contributed by atoms with van der Waals surface area (Å²) in [5.41, 5.74) is 0.452. The number of carbonyl (C=O) groups is 3. The van der Waals surface area contributed by atoms with Crippen LogP contribution in [-0.4, -0.2) is 68.1 Å². The number of amides is 3. The topological polar surface area (TPSA) is 97.0 Å². The highest BCUT2D eigenvalue weighted by Crippen LogP contribution is 2.13. The summed E-state index contributed by atoms with van der Waals surface area (Å²) in [6.45, 7) is 0.897. The van der Waals surface area contributed by atoms with Gasteiger partial charge in [0, 0.05) is 12.1 Å². The zero-order valence-electron chi connectivity index (χ0n) is 16.9. The highest BCUT2D eigenvalue weighted by atomic mass is 19.1. The van der Waals surface area contributed by atoms with Crippen molar-refractivity contribution in [3.8, 4) is 5.75 Å². The van der Waals surface area contributed by atoms with Gasteiger partial charge in [-0.1, -0.05) is 18.2 Å². The molecule has 2 aromatic carbocycles. The molecule has 164 valence electrons. The lowest BCUT2D eigenvalue weighted by atomic mass is 10.2. The number of morpholine rings is 1. The maximum atomic E-state index is 12.9. The zero-order valence-corrected chi connectivity index (χ0v) is 16.9. The van der Waals surface area contributed by atoms with Crippen LogP contribution in [0.15, 0.2) is 54.6 Å². The number of ether oxygens (including phenoxy) is 2. The van der Waals surface area contributed by atoms with E-state index in [2.05, 4.69) is 10.6 Å². The first kappa shape index (κ1) is 22.2. The van der Waals surface area contributed by atoms with Crippen LogP contribution < -0.4 is 15.4 Å². The Morgan fingerprint density at radius 3 is 2.52 bits per heavy atom. The molecule has 2 N–H and O–H groups in total. The number of hydrogen-bond acceptors (Lipinski definition) is 5. The van der Waals surface area contributed by atoms with E-state index in [0.29, 0.717) is 31.0 Å². The van der Waals surface area contributed by atoms with Gasteiger partial charge < -0.3 is 25.0 Å². The van der Waals surface area contributed by atoms with E-state index in [0.717, 1.165) is 0 Å². The van der Waals surface area contributed by atoms with Crippen molar-refractivity contribution in [2.75, 3.05) is 39.4 Å². The number of rotatable bonds is 8. The van der Waals surface area contributed by atoms with Crippen LogP contribution in [-0.2, 0) is 14.3 Å². The molecule has 3 amide bonds. The Morgan fingerprint density at radius 1 is 1.03 bits per heavy atom. The quantitative estimate of drug-likeness (QED) is 0.652. The van der Waals surface area contributed by atoms with Gasteiger partial charge in [-0.2, -0.15) is 0 Å². The summed E-state index contributed by atoms with van der Waals surface area (Å²) >= 11 is 0. The van der Waals surface area contributed by atoms with Crippen LogP contribution in [0.2, 0.25) is 0 Å². The van der Waals surface area contributed by atoms with E-state index in [9.17, 15) is 18.8 Å². The largest absolute Gasteiger partial charge is 0.491 e. The number of nitrogens with one attached hydrogen (secondary N) is 2. The van der Waals surface area contributed by atoms with E-state index in [4.69, 9.17) is 9.47 Å². The van der Waals surface area contributed by atoms with Gasteiger partial charge in [0.2, 0.25) is 11.8 Å². The second kappa shape index (κ2) is 11.1. The first-order valence-electron chi connectivity index (χ1n) is 9.89. The van der Waals surface area contributed by atoms with Gasteiger partial charge in [-0.25, -0.2) is 4.39 Å². The predicted octanol–water partition coefficient (Wildman–Crippen LogP) is 0.978. The third-order valence-electron chi connectivity index (χ3n) is 4.62. The Kier molecular flexibility index (Phi) is 7.94. The average molecular weight is 429 g/mol. The molecule has 3 rings (SSSR count). The van der Waals surface area contributed by atoms with Gasteiger partial charge in [0.05, 0.1) is 26.2 Å². The van der Waals surface area contributed by atoms with Gasteiger partial charge >= 0.3 is 0 Å². The smallest absolute Gasteiger partial charge is 0.251 e. The van der Waals surface area contributed by atoms with Crippen molar-refractivity contribution >= 4 is 17.7 Å². The summed E-state index contributed by atoms with van der Waals surface area (Å²) in [4.78, 5) is 37.9. The molecule has 0 radical (unpaired) electrons. The lowest BCUT2D eigenvalue weighted by Gasteiger charge is -2.32. The van der Waals surface area contributed by atoms with Crippen LogP contribution in [0.25, 0.3) is 0 Å². The Morgan fingerprint density at radius 2 is 1.77 bits per heavy atom. The van der Waals surface area contributed by atoms with Crippen LogP contribution in [0.4, 0.5) is 4.39 Å². The summed E-state index contributed by atoms with van der Waals surface area (Å²) in [6, 6.07) is 14.2. The number of hydrogen-bond donors (Lipinski definition) is 2. The highest BCUT2D eigenvalue weighted by Gasteiger charge is 2.25. The molecule has 0 saturated carbocycles. The second-order valence-electron chi connectivity index (χ2n) is 6.92. The van der Waals surface area contributed by atoms with Crippen molar-refractivity contribution in [3.63, 3.8) is 0 Å². The maximum absolute atomic E-state index is 12.9. The molecule has 1 unspecified atom stereocenters. The molecule has 31 heavy (non-hydrogen) atoms. The highest BCUT2D eigenvalue weighted by molar-refractivity contribution is 5.96.